The second-order valence-electron chi connectivity index (χ2n) is 6.66. The highest BCUT2D eigenvalue weighted by Gasteiger charge is 2.28. The van der Waals surface area contributed by atoms with E-state index in [1.54, 1.807) is 0 Å². The van der Waals surface area contributed by atoms with Crippen molar-refractivity contribution in [1.82, 2.24) is 19.7 Å². The van der Waals surface area contributed by atoms with Crippen molar-refractivity contribution in [2.75, 3.05) is 24.2 Å². The number of hydrogen-bond donors (Lipinski definition) is 0. The summed E-state index contributed by atoms with van der Waals surface area (Å²) in [7, 11) is -3.74. The molecule has 3 aromatic rings. The lowest BCUT2D eigenvalue weighted by atomic mass is 10.3. The molecule has 0 aliphatic heterocycles. The van der Waals surface area contributed by atoms with Gasteiger partial charge in [0.1, 0.15) is 16.9 Å². The van der Waals surface area contributed by atoms with Crippen molar-refractivity contribution in [2.45, 2.75) is 31.7 Å². The summed E-state index contributed by atoms with van der Waals surface area (Å²) in [6, 6.07) is 2.97. The van der Waals surface area contributed by atoms with E-state index in [1.807, 2.05) is 11.8 Å². The standard InChI is InChI=1S/C18H19Cl4N5O2S/c1-4-6-7-26(5-2)15-13-16(24-18(22)23-15)27(25-17(13)30(3,28)29)14-11(20)8-10(19)9-12(14)21/h8-9H,4-7H2,1-3H3. The van der Waals surface area contributed by atoms with Crippen molar-refractivity contribution in [2.24, 2.45) is 0 Å². The highest BCUT2D eigenvalue weighted by molar-refractivity contribution is 7.90. The largest absolute Gasteiger partial charge is 0.356 e. The fourth-order valence-electron chi connectivity index (χ4n) is 3.09. The molecular formula is C18H19Cl4N5O2S. The summed E-state index contributed by atoms with van der Waals surface area (Å²) in [6.45, 7) is 5.29. The predicted octanol–water partition coefficient (Wildman–Crippen LogP) is 5.46. The molecule has 0 aliphatic carbocycles. The molecule has 0 aliphatic rings. The van der Waals surface area contributed by atoms with Gasteiger partial charge < -0.3 is 4.90 Å². The van der Waals surface area contributed by atoms with Gasteiger partial charge in [-0.2, -0.15) is 15.1 Å². The van der Waals surface area contributed by atoms with Crippen LogP contribution in [0.3, 0.4) is 0 Å². The number of benzene rings is 1. The molecule has 0 amide bonds. The number of unbranched alkanes of at least 4 members (excludes halogenated alkanes) is 1. The van der Waals surface area contributed by atoms with Crippen LogP contribution in [0.4, 0.5) is 5.82 Å². The first-order chi connectivity index (χ1) is 14.1. The van der Waals surface area contributed by atoms with E-state index in [0.29, 0.717) is 23.9 Å². The third kappa shape index (κ3) is 4.48. The molecule has 7 nitrogen and oxygen atoms in total. The molecule has 0 saturated heterocycles. The molecule has 12 heteroatoms. The lowest BCUT2D eigenvalue weighted by Gasteiger charge is -2.22. The van der Waals surface area contributed by atoms with Crippen molar-refractivity contribution in [1.29, 1.82) is 0 Å². The minimum atomic E-state index is -3.74. The molecule has 0 bridgehead atoms. The second-order valence-corrected chi connectivity index (χ2v) is 10.2. The van der Waals surface area contributed by atoms with Crippen LogP contribution in [0.25, 0.3) is 16.7 Å². The Balaban J connectivity index is 2.44. The molecule has 0 fully saturated rings. The lowest BCUT2D eigenvalue weighted by Crippen LogP contribution is -2.25. The summed E-state index contributed by atoms with van der Waals surface area (Å²) in [4.78, 5) is 10.6. The number of aromatic nitrogens is 4. The monoisotopic (exact) mass is 509 g/mol. The Morgan fingerprint density at radius 1 is 1.07 bits per heavy atom. The van der Waals surface area contributed by atoms with Crippen molar-refractivity contribution in [3.8, 4) is 5.69 Å². The van der Waals surface area contributed by atoms with Crippen LogP contribution in [-0.4, -0.2) is 47.5 Å². The number of nitrogens with zero attached hydrogens (tertiary/aromatic N) is 5. The Labute approximate surface area is 194 Å². The minimum Gasteiger partial charge on any atom is -0.356 e. The van der Waals surface area contributed by atoms with Gasteiger partial charge in [-0.15, -0.1) is 0 Å². The molecule has 2 aromatic heterocycles. The maximum absolute atomic E-state index is 12.6. The van der Waals surface area contributed by atoms with Gasteiger partial charge in [-0.05, 0) is 37.1 Å². The topological polar surface area (TPSA) is 81.0 Å². The van der Waals surface area contributed by atoms with Crippen LogP contribution in [0, 0.1) is 0 Å². The van der Waals surface area contributed by atoms with E-state index in [0.717, 1.165) is 19.1 Å². The summed E-state index contributed by atoms with van der Waals surface area (Å²) in [5, 5.41) is 5.05. The van der Waals surface area contributed by atoms with Crippen LogP contribution >= 0.6 is 46.4 Å². The number of fused-ring (bicyclic) bond motifs is 1. The molecule has 30 heavy (non-hydrogen) atoms. The second kappa shape index (κ2) is 9.04. The van der Waals surface area contributed by atoms with Gasteiger partial charge in [0, 0.05) is 24.4 Å². The summed E-state index contributed by atoms with van der Waals surface area (Å²) in [6.07, 6.45) is 2.94. The van der Waals surface area contributed by atoms with Gasteiger partial charge in [-0.1, -0.05) is 48.1 Å². The zero-order valence-corrected chi connectivity index (χ0v) is 20.3. The van der Waals surface area contributed by atoms with E-state index < -0.39 is 9.84 Å². The van der Waals surface area contributed by atoms with Gasteiger partial charge in [0.15, 0.2) is 20.5 Å². The third-order valence-electron chi connectivity index (χ3n) is 4.46. The average Bonchev–Trinajstić information content (AvgIpc) is 3.01. The molecule has 0 spiro atoms. The van der Waals surface area contributed by atoms with Crippen LogP contribution in [-0.2, 0) is 9.84 Å². The van der Waals surface area contributed by atoms with Crippen LogP contribution < -0.4 is 4.90 Å². The fourth-order valence-corrected chi connectivity index (χ4v) is 5.01. The summed E-state index contributed by atoms with van der Waals surface area (Å²) < 4.78 is 26.5. The normalized spacial score (nSPS) is 12.0. The smallest absolute Gasteiger partial charge is 0.226 e. The first-order valence-corrected chi connectivity index (χ1v) is 12.5. The zero-order valence-electron chi connectivity index (χ0n) is 16.5. The molecule has 162 valence electrons. The maximum atomic E-state index is 12.6. The van der Waals surface area contributed by atoms with Crippen LogP contribution in [0.1, 0.15) is 26.7 Å². The number of anilines is 1. The van der Waals surface area contributed by atoms with Crippen molar-refractivity contribution < 1.29 is 8.42 Å². The van der Waals surface area contributed by atoms with Gasteiger partial charge in [0.2, 0.25) is 5.28 Å². The van der Waals surface area contributed by atoms with E-state index in [9.17, 15) is 8.42 Å². The Kier molecular flexibility index (Phi) is 7.04. The number of rotatable bonds is 7. The molecule has 2 heterocycles. The molecule has 0 radical (unpaired) electrons. The Morgan fingerprint density at radius 2 is 1.70 bits per heavy atom. The van der Waals surface area contributed by atoms with Gasteiger partial charge >= 0.3 is 0 Å². The molecule has 0 N–H and O–H groups in total. The summed E-state index contributed by atoms with van der Waals surface area (Å²) in [5.41, 5.74) is 0.437. The van der Waals surface area contributed by atoms with E-state index >= 15 is 0 Å². The molecule has 0 atom stereocenters. The third-order valence-corrected chi connectivity index (χ3v) is 6.41. The van der Waals surface area contributed by atoms with Crippen LogP contribution in [0.5, 0.6) is 0 Å². The minimum absolute atomic E-state index is 0.0464. The summed E-state index contributed by atoms with van der Waals surface area (Å²) >= 11 is 25.0. The van der Waals surface area contributed by atoms with Crippen molar-refractivity contribution in [3.05, 3.63) is 32.5 Å². The van der Waals surface area contributed by atoms with Crippen LogP contribution in [0.15, 0.2) is 17.2 Å². The molecule has 0 saturated carbocycles. The maximum Gasteiger partial charge on any atom is 0.226 e. The predicted molar refractivity (Wildman–Crippen MR) is 123 cm³/mol. The van der Waals surface area contributed by atoms with E-state index in [1.165, 1.54) is 16.8 Å². The van der Waals surface area contributed by atoms with E-state index in [-0.39, 0.29) is 37.1 Å². The number of halogens is 4. The van der Waals surface area contributed by atoms with Gasteiger partial charge in [-0.3, -0.25) is 0 Å². The number of sulfone groups is 1. The Morgan fingerprint density at radius 3 is 2.23 bits per heavy atom. The SMILES string of the molecule is CCCCN(CC)c1nc(Cl)nc2c1c(S(C)(=O)=O)nn2-c1c(Cl)cc(Cl)cc1Cl. The lowest BCUT2D eigenvalue weighted by molar-refractivity contribution is 0.597. The fraction of sp³-hybridized carbons (Fsp3) is 0.389. The Bertz CT molecular complexity index is 1190. The number of hydrogen-bond acceptors (Lipinski definition) is 6. The van der Waals surface area contributed by atoms with Crippen LogP contribution in [0.2, 0.25) is 20.4 Å². The van der Waals surface area contributed by atoms with E-state index in [2.05, 4.69) is 22.0 Å². The van der Waals surface area contributed by atoms with E-state index in [4.69, 9.17) is 46.4 Å². The molecular weight excluding hydrogens is 492 g/mol. The quantitative estimate of drug-likeness (QED) is 0.392. The Hall–Kier alpha value is -1.32. The first kappa shape index (κ1) is 23.3. The van der Waals surface area contributed by atoms with Gasteiger partial charge in [0.25, 0.3) is 0 Å². The molecule has 0 unspecified atom stereocenters. The zero-order chi connectivity index (χ0) is 22.2. The molecule has 3 rings (SSSR count). The average molecular weight is 511 g/mol. The highest BCUT2D eigenvalue weighted by atomic mass is 35.5. The highest BCUT2D eigenvalue weighted by Crippen LogP contribution is 2.37. The van der Waals surface area contributed by atoms with Gasteiger partial charge in [-0.25, -0.2) is 13.1 Å². The van der Waals surface area contributed by atoms with Crippen molar-refractivity contribution >= 4 is 73.1 Å². The molecule has 1 aromatic carbocycles. The van der Waals surface area contributed by atoms with Crippen molar-refractivity contribution in [3.63, 3.8) is 0 Å². The first-order valence-electron chi connectivity index (χ1n) is 9.14. The summed E-state index contributed by atoms with van der Waals surface area (Å²) in [5.74, 6) is 0.397. The van der Waals surface area contributed by atoms with Gasteiger partial charge in [0.05, 0.1) is 10.0 Å².